The number of aromatic amines is 1. The number of carbonyl (C=O) groups excluding carboxylic acids is 1. The van der Waals surface area contributed by atoms with Crippen LogP contribution in [0.3, 0.4) is 0 Å². The van der Waals surface area contributed by atoms with Crippen molar-refractivity contribution in [2.75, 3.05) is 13.1 Å². The van der Waals surface area contributed by atoms with Gasteiger partial charge >= 0.3 is 0 Å². The zero-order chi connectivity index (χ0) is 17.4. The zero-order valence-electron chi connectivity index (χ0n) is 14.0. The Morgan fingerprint density at radius 1 is 1.20 bits per heavy atom. The SMILES string of the molecule is Cn1ccnc1C1CCN(C(=O)c2n[nH]c(=O)c3ccccc23)CC1. The van der Waals surface area contributed by atoms with E-state index in [2.05, 4.69) is 15.2 Å². The Hall–Kier alpha value is -2.96. The van der Waals surface area contributed by atoms with E-state index in [1.54, 1.807) is 18.2 Å². The van der Waals surface area contributed by atoms with Gasteiger partial charge in [-0.05, 0) is 18.9 Å². The lowest BCUT2D eigenvalue weighted by Crippen LogP contribution is -2.39. The number of nitrogens with one attached hydrogen (secondary N) is 1. The molecule has 3 heterocycles. The van der Waals surface area contributed by atoms with Crippen LogP contribution in [0.1, 0.15) is 35.1 Å². The molecule has 0 saturated carbocycles. The molecular weight excluding hydrogens is 318 g/mol. The highest BCUT2D eigenvalue weighted by atomic mass is 16.2. The third-order valence-electron chi connectivity index (χ3n) is 4.90. The summed E-state index contributed by atoms with van der Waals surface area (Å²) in [6.07, 6.45) is 5.50. The van der Waals surface area contributed by atoms with Gasteiger partial charge in [0.05, 0.1) is 5.39 Å². The van der Waals surface area contributed by atoms with Crippen LogP contribution in [0.15, 0.2) is 41.5 Å². The summed E-state index contributed by atoms with van der Waals surface area (Å²) in [6, 6.07) is 7.07. The van der Waals surface area contributed by atoms with E-state index in [4.69, 9.17) is 0 Å². The molecule has 0 spiro atoms. The van der Waals surface area contributed by atoms with E-state index in [0.29, 0.717) is 35.5 Å². The number of aromatic nitrogens is 4. The largest absolute Gasteiger partial charge is 0.338 e. The van der Waals surface area contributed by atoms with E-state index >= 15 is 0 Å². The first kappa shape index (κ1) is 15.6. The number of amides is 1. The van der Waals surface area contributed by atoms with Crippen molar-refractivity contribution >= 4 is 16.7 Å². The minimum atomic E-state index is -0.277. The zero-order valence-corrected chi connectivity index (χ0v) is 14.0. The van der Waals surface area contributed by atoms with E-state index < -0.39 is 0 Å². The minimum absolute atomic E-state index is 0.134. The molecular formula is C18H19N5O2. The maximum Gasteiger partial charge on any atom is 0.274 e. The number of aryl methyl sites for hydroxylation is 1. The van der Waals surface area contributed by atoms with Crippen molar-refractivity contribution in [2.45, 2.75) is 18.8 Å². The number of carbonyl (C=O) groups is 1. The van der Waals surface area contributed by atoms with Crippen molar-refractivity contribution in [1.82, 2.24) is 24.6 Å². The lowest BCUT2D eigenvalue weighted by Gasteiger charge is -2.31. The molecule has 1 amide bonds. The summed E-state index contributed by atoms with van der Waals surface area (Å²) in [5, 5.41) is 7.54. The van der Waals surface area contributed by atoms with Crippen LogP contribution in [0.5, 0.6) is 0 Å². The van der Waals surface area contributed by atoms with Gasteiger partial charge in [-0.3, -0.25) is 9.59 Å². The summed E-state index contributed by atoms with van der Waals surface area (Å²) in [7, 11) is 2.00. The molecule has 1 aliphatic heterocycles. The number of benzene rings is 1. The lowest BCUT2D eigenvalue weighted by atomic mass is 9.95. The summed E-state index contributed by atoms with van der Waals surface area (Å²) in [4.78, 5) is 31.0. The number of hydrogen-bond acceptors (Lipinski definition) is 4. The average Bonchev–Trinajstić information content (AvgIpc) is 3.08. The number of rotatable bonds is 2. The minimum Gasteiger partial charge on any atom is -0.338 e. The summed E-state index contributed by atoms with van der Waals surface area (Å²) >= 11 is 0. The van der Waals surface area contributed by atoms with E-state index in [1.165, 1.54) is 0 Å². The number of likely N-dealkylation sites (tertiary alicyclic amines) is 1. The second kappa shape index (κ2) is 6.16. The topological polar surface area (TPSA) is 83.9 Å². The standard InChI is InChI=1S/C18H19N5O2/c1-22-11-8-19-16(22)12-6-9-23(10-7-12)18(25)15-13-4-2-3-5-14(13)17(24)21-20-15/h2-5,8,11-12H,6-7,9-10H2,1H3,(H,21,24). The molecule has 1 N–H and O–H groups in total. The fourth-order valence-electron chi connectivity index (χ4n) is 3.54. The Kier molecular flexibility index (Phi) is 3.83. The molecule has 1 fully saturated rings. The number of fused-ring (bicyclic) bond motifs is 1. The second-order valence-corrected chi connectivity index (χ2v) is 6.41. The van der Waals surface area contributed by atoms with Crippen LogP contribution in [0, 0.1) is 0 Å². The van der Waals surface area contributed by atoms with Crippen molar-refractivity contribution in [3.63, 3.8) is 0 Å². The second-order valence-electron chi connectivity index (χ2n) is 6.41. The molecule has 0 aliphatic carbocycles. The van der Waals surface area contributed by atoms with Crippen molar-refractivity contribution in [1.29, 1.82) is 0 Å². The molecule has 7 heteroatoms. The third kappa shape index (κ3) is 2.71. The molecule has 2 aromatic heterocycles. The molecule has 1 aromatic carbocycles. The van der Waals surface area contributed by atoms with Gasteiger partial charge in [0.15, 0.2) is 5.69 Å². The summed E-state index contributed by atoms with van der Waals surface area (Å²) < 4.78 is 2.04. The number of piperidine rings is 1. The molecule has 0 unspecified atom stereocenters. The molecule has 7 nitrogen and oxygen atoms in total. The fourth-order valence-corrected chi connectivity index (χ4v) is 3.54. The highest BCUT2D eigenvalue weighted by Crippen LogP contribution is 2.27. The van der Waals surface area contributed by atoms with Crippen LogP contribution in [0.25, 0.3) is 10.8 Å². The fraction of sp³-hybridized carbons (Fsp3) is 0.333. The molecule has 0 radical (unpaired) electrons. The van der Waals surface area contributed by atoms with Crippen LogP contribution in [-0.4, -0.2) is 43.6 Å². The Morgan fingerprint density at radius 3 is 2.60 bits per heavy atom. The Balaban J connectivity index is 1.56. The quantitative estimate of drug-likeness (QED) is 0.771. The van der Waals surface area contributed by atoms with E-state index in [0.717, 1.165) is 18.7 Å². The Labute approximate surface area is 144 Å². The Bertz CT molecular complexity index is 982. The molecule has 4 rings (SSSR count). The summed E-state index contributed by atoms with van der Waals surface area (Å²) in [5.41, 5.74) is 0.0336. The van der Waals surface area contributed by atoms with Crippen LogP contribution >= 0.6 is 0 Å². The van der Waals surface area contributed by atoms with Crippen LogP contribution in [0.2, 0.25) is 0 Å². The van der Waals surface area contributed by atoms with Crippen molar-refractivity contribution in [3.8, 4) is 0 Å². The summed E-state index contributed by atoms with van der Waals surface area (Å²) in [5.74, 6) is 1.30. The van der Waals surface area contributed by atoms with Gasteiger partial charge in [0.1, 0.15) is 5.82 Å². The summed E-state index contributed by atoms with van der Waals surface area (Å²) in [6.45, 7) is 1.32. The average molecular weight is 337 g/mol. The number of H-pyrrole nitrogens is 1. The van der Waals surface area contributed by atoms with Gasteiger partial charge < -0.3 is 9.47 Å². The monoisotopic (exact) mass is 337 g/mol. The first-order valence-corrected chi connectivity index (χ1v) is 8.39. The molecule has 1 aliphatic rings. The van der Waals surface area contributed by atoms with Gasteiger partial charge in [-0.15, -0.1) is 0 Å². The maximum atomic E-state index is 12.9. The molecule has 0 atom stereocenters. The highest BCUT2D eigenvalue weighted by molar-refractivity contribution is 6.04. The smallest absolute Gasteiger partial charge is 0.274 e. The van der Waals surface area contributed by atoms with Gasteiger partial charge in [0, 0.05) is 43.8 Å². The van der Waals surface area contributed by atoms with Gasteiger partial charge in [-0.2, -0.15) is 5.10 Å². The predicted octanol–water partition coefficient (Wildman–Crippen LogP) is 1.68. The number of hydrogen-bond donors (Lipinski definition) is 1. The Morgan fingerprint density at radius 2 is 1.92 bits per heavy atom. The molecule has 128 valence electrons. The maximum absolute atomic E-state index is 12.9. The van der Waals surface area contributed by atoms with Gasteiger partial charge in [-0.25, -0.2) is 10.1 Å². The van der Waals surface area contributed by atoms with Gasteiger partial charge in [0.25, 0.3) is 11.5 Å². The first-order chi connectivity index (χ1) is 12.1. The first-order valence-electron chi connectivity index (χ1n) is 8.39. The van der Waals surface area contributed by atoms with Gasteiger partial charge in [-0.1, -0.05) is 18.2 Å². The van der Waals surface area contributed by atoms with Crippen molar-refractivity contribution < 1.29 is 4.79 Å². The normalized spacial score (nSPS) is 15.6. The number of nitrogens with zero attached hydrogens (tertiary/aromatic N) is 4. The van der Waals surface area contributed by atoms with Crippen LogP contribution in [0.4, 0.5) is 0 Å². The van der Waals surface area contributed by atoms with Crippen molar-refractivity contribution in [2.24, 2.45) is 7.05 Å². The third-order valence-corrected chi connectivity index (χ3v) is 4.90. The van der Waals surface area contributed by atoms with E-state index in [1.807, 2.05) is 35.0 Å². The lowest BCUT2D eigenvalue weighted by molar-refractivity contribution is 0.0705. The van der Waals surface area contributed by atoms with Gasteiger partial charge in [0.2, 0.25) is 0 Å². The van der Waals surface area contributed by atoms with Crippen molar-refractivity contribution in [3.05, 3.63) is 58.5 Å². The predicted molar refractivity (Wildman–Crippen MR) is 93.5 cm³/mol. The van der Waals surface area contributed by atoms with Crippen LogP contribution < -0.4 is 5.56 Å². The molecule has 1 saturated heterocycles. The molecule has 25 heavy (non-hydrogen) atoms. The molecule has 3 aromatic rings. The van der Waals surface area contributed by atoms with Crippen LogP contribution in [-0.2, 0) is 7.05 Å². The van der Waals surface area contributed by atoms with E-state index in [9.17, 15) is 9.59 Å². The molecule has 0 bridgehead atoms. The number of imidazole rings is 1. The van der Waals surface area contributed by atoms with E-state index in [-0.39, 0.29) is 11.5 Å². The highest BCUT2D eigenvalue weighted by Gasteiger charge is 2.28.